The zero-order valence-corrected chi connectivity index (χ0v) is 13.2. The molecule has 4 heterocycles. The molecule has 1 atom stereocenters. The molecule has 0 bridgehead atoms. The van der Waals surface area contributed by atoms with E-state index in [1.165, 1.54) is 12.3 Å². The Hall–Kier alpha value is -2.25. The van der Waals surface area contributed by atoms with E-state index in [-0.39, 0.29) is 9.79 Å². The summed E-state index contributed by atoms with van der Waals surface area (Å²) in [6.45, 7) is 1.87. The summed E-state index contributed by atoms with van der Waals surface area (Å²) < 4.78 is 25.8. The van der Waals surface area contributed by atoms with E-state index in [9.17, 15) is 8.42 Å². The predicted molar refractivity (Wildman–Crippen MR) is 86.0 cm³/mol. The van der Waals surface area contributed by atoms with Gasteiger partial charge in [-0.2, -0.15) is 0 Å². The maximum Gasteiger partial charge on any atom is 0.210 e. The molecule has 7 heteroatoms. The van der Waals surface area contributed by atoms with Crippen LogP contribution in [-0.4, -0.2) is 36.5 Å². The molecular formula is C16H16N4O2S. The van der Waals surface area contributed by atoms with Gasteiger partial charge in [0.1, 0.15) is 0 Å². The first-order valence-electron chi connectivity index (χ1n) is 7.50. The molecule has 0 saturated carbocycles. The molecule has 0 aliphatic carbocycles. The van der Waals surface area contributed by atoms with Gasteiger partial charge in [0.05, 0.1) is 20.8 Å². The molecule has 0 radical (unpaired) electrons. The number of sulfone groups is 1. The smallest absolute Gasteiger partial charge is 0.210 e. The number of hydrogen-bond acceptors (Lipinski definition) is 5. The van der Waals surface area contributed by atoms with Gasteiger partial charge in [-0.3, -0.25) is 9.97 Å². The second kappa shape index (κ2) is 5.43. The first-order valence-corrected chi connectivity index (χ1v) is 8.98. The minimum atomic E-state index is -3.63. The topological polar surface area (TPSA) is 87.7 Å². The van der Waals surface area contributed by atoms with Crippen molar-refractivity contribution >= 4 is 20.9 Å². The summed E-state index contributed by atoms with van der Waals surface area (Å²) in [7, 11) is -3.63. The van der Waals surface area contributed by atoms with Crippen LogP contribution in [0.25, 0.3) is 11.0 Å². The average Bonchev–Trinajstić information content (AvgIpc) is 3.24. The lowest BCUT2D eigenvalue weighted by Crippen LogP contribution is -2.08. The van der Waals surface area contributed by atoms with Crippen molar-refractivity contribution in [1.82, 2.24) is 20.3 Å². The Morgan fingerprint density at radius 1 is 1.22 bits per heavy atom. The molecule has 118 valence electrons. The van der Waals surface area contributed by atoms with Crippen molar-refractivity contribution in [3.63, 3.8) is 0 Å². The molecule has 2 N–H and O–H groups in total. The normalized spacial score (nSPS) is 18.5. The van der Waals surface area contributed by atoms with Crippen LogP contribution in [0.2, 0.25) is 0 Å². The molecule has 3 aromatic rings. The molecule has 1 aliphatic heterocycles. The molecule has 1 aliphatic rings. The van der Waals surface area contributed by atoms with E-state index in [0.29, 0.717) is 11.4 Å². The largest absolute Gasteiger partial charge is 0.358 e. The Bertz CT molecular complexity index is 945. The van der Waals surface area contributed by atoms with Crippen LogP contribution < -0.4 is 5.32 Å². The van der Waals surface area contributed by atoms with Crippen LogP contribution in [0.1, 0.15) is 17.9 Å². The lowest BCUT2D eigenvalue weighted by atomic mass is 10.0. The van der Waals surface area contributed by atoms with Crippen LogP contribution >= 0.6 is 0 Å². The second-order valence-electron chi connectivity index (χ2n) is 5.66. The lowest BCUT2D eigenvalue weighted by Gasteiger charge is -2.07. The van der Waals surface area contributed by atoms with Crippen molar-refractivity contribution in [2.24, 2.45) is 0 Å². The van der Waals surface area contributed by atoms with E-state index in [0.717, 1.165) is 30.6 Å². The molecule has 23 heavy (non-hydrogen) atoms. The second-order valence-corrected chi connectivity index (χ2v) is 7.58. The maximum atomic E-state index is 12.9. The maximum absolute atomic E-state index is 12.9. The monoisotopic (exact) mass is 328 g/mol. The molecule has 0 spiro atoms. The van der Waals surface area contributed by atoms with Crippen LogP contribution in [-0.2, 0) is 9.84 Å². The average molecular weight is 328 g/mol. The van der Waals surface area contributed by atoms with Crippen LogP contribution in [0.4, 0.5) is 0 Å². The zero-order chi connectivity index (χ0) is 15.9. The highest BCUT2D eigenvalue weighted by atomic mass is 32.2. The fraction of sp³-hybridized carbons (Fsp3) is 0.250. The Morgan fingerprint density at radius 3 is 2.87 bits per heavy atom. The predicted octanol–water partition coefficient (Wildman–Crippen LogP) is 1.87. The standard InChI is InChI=1S/C16H16N4O2S/c21-23(22,12-2-1-5-17-9-12)14-4-7-19-15-13(10-20-16(14)15)11-3-6-18-8-11/h1-2,4-5,7,9-11,18,20H,3,6,8H2. The Labute approximate surface area is 133 Å². The number of nitrogens with one attached hydrogen (secondary N) is 2. The third-order valence-corrected chi connectivity index (χ3v) is 6.07. The highest BCUT2D eigenvalue weighted by Gasteiger charge is 2.25. The van der Waals surface area contributed by atoms with Crippen molar-refractivity contribution in [3.8, 4) is 0 Å². The minimum absolute atomic E-state index is 0.186. The molecule has 1 saturated heterocycles. The number of aromatic nitrogens is 3. The molecule has 0 amide bonds. The first kappa shape index (κ1) is 14.3. The van der Waals surface area contributed by atoms with E-state index >= 15 is 0 Å². The highest BCUT2D eigenvalue weighted by Crippen LogP contribution is 2.32. The van der Waals surface area contributed by atoms with Crippen molar-refractivity contribution in [3.05, 3.63) is 48.5 Å². The number of H-pyrrole nitrogens is 1. The van der Waals surface area contributed by atoms with Crippen molar-refractivity contribution in [2.45, 2.75) is 22.1 Å². The van der Waals surface area contributed by atoms with Gasteiger partial charge in [-0.15, -0.1) is 0 Å². The van der Waals surface area contributed by atoms with Gasteiger partial charge in [0.25, 0.3) is 0 Å². The summed E-state index contributed by atoms with van der Waals surface area (Å²) in [6, 6.07) is 4.72. The van der Waals surface area contributed by atoms with E-state index < -0.39 is 9.84 Å². The van der Waals surface area contributed by atoms with Gasteiger partial charge in [-0.25, -0.2) is 8.42 Å². The zero-order valence-electron chi connectivity index (χ0n) is 12.4. The van der Waals surface area contributed by atoms with Gasteiger partial charge in [0.15, 0.2) is 0 Å². The van der Waals surface area contributed by atoms with Gasteiger partial charge in [0.2, 0.25) is 9.84 Å². The molecule has 0 aromatic carbocycles. The summed E-state index contributed by atoms with van der Waals surface area (Å²) in [5.74, 6) is 0.368. The molecule has 6 nitrogen and oxygen atoms in total. The van der Waals surface area contributed by atoms with Crippen LogP contribution in [0.5, 0.6) is 0 Å². The summed E-state index contributed by atoms with van der Waals surface area (Å²) in [4.78, 5) is 11.9. The Kier molecular flexibility index (Phi) is 3.39. The number of aromatic amines is 1. The fourth-order valence-electron chi connectivity index (χ4n) is 3.11. The Morgan fingerprint density at radius 2 is 2.13 bits per heavy atom. The van der Waals surface area contributed by atoms with Crippen molar-refractivity contribution < 1.29 is 8.42 Å². The van der Waals surface area contributed by atoms with Crippen LogP contribution in [0.15, 0.2) is 52.8 Å². The molecule has 1 unspecified atom stereocenters. The van der Waals surface area contributed by atoms with Crippen molar-refractivity contribution in [2.75, 3.05) is 13.1 Å². The SMILES string of the molecule is O=S(=O)(c1cccnc1)c1ccnc2c(C3CCNC3)c[nH]c12. The quantitative estimate of drug-likeness (QED) is 0.766. The first-order chi connectivity index (χ1) is 11.2. The van der Waals surface area contributed by atoms with E-state index in [1.807, 2.05) is 6.20 Å². The highest BCUT2D eigenvalue weighted by molar-refractivity contribution is 7.91. The number of rotatable bonds is 3. The van der Waals surface area contributed by atoms with Crippen LogP contribution in [0, 0.1) is 0 Å². The summed E-state index contributed by atoms with van der Waals surface area (Å²) in [5.41, 5.74) is 2.38. The summed E-state index contributed by atoms with van der Waals surface area (Å²) in [6.07, 6.45) is 7.41. The number of fused-ring (bicyclic) bond motifs is 1. The third-order valence-electron chi connectivity index (χ3n) is 4.29. The number of pyridine rings is 2. The van der Waals surface area contributed by atoms with E-state index in [1.54, 1.807) is 24.5 Å². The molecular weight excluding hydrogens is 312 g/mol. The van der Waals surface area contributed by atoms with E-state index in [2.05, 4.69) is 20.3 Å². The van der Waals surface area contributed by atoms with Crippen LogP contribution in [0.3, 0.4) is 0 Å². The van der Waals surface area contributed by atoms with Gasteiger partial charge < -0.3 is 10.3 Å². The lowest BCUT2D eigenvalue weighted by molar-refractivity contribution is 0.596. The van der Waals surface area contributed by atoms with Gasteiger partial charge in [-0.1, -0.05) is 0 Å². The van der Waals surface area contributed by atoms with E-state index in [4.69, 9.17) is 0 Å². The number of hydrogen-bond donors (Lipinski definition) is 2. The summed E-state index contributed by atoms with van der Waals surface area (Å²) in [5, 5.41) is 3.33. The Balaban J connectivity index is 1.89. The third kappa shape index (κ3) is 2.32. The van der Waals surface area contributed by atoms with Gasteiger partial charge >= 0.3 is 0 Å². The summed E-state index contributed by atoms with van der Waals surface area (Å²) >= 11 is 0. The minimum Gasteiger partial charge on any atom is -0.358 e. The van der Waals surface area contributed by atoms with Gasteiger partial charge in [0, 0.05) is 42.8 Å². The van der Waals surface area contributed by atoms with Gasteiger partial charge in [-0.05, 0) is 31.2 Å². The fourth-order valence-corrected chi connectivity index (χ4v) is 4.48. The number of nitrogens with zero attached hydrogens (tertiary/aromatic N) is 2. The van der Waals surface area contributed by atoms with Crippen molar-refractivity contribution in [1.29, 1.82) is 0 Å². The molecule has 1 fully saturated rings. The molecule has 3 aromatic heterocycles. The molecule has 4 rings (SSSR count).